The lowest BCUT2D eigenvalue weighted by atomic mass is 10.0. The van der Waals surface area contributed by atoms with E-state index >= 15 is 0 Å². The highest BCUT2D eigenvalue weighted by Gasteiger charge is 2.22. The van der Waals surface area contributed by atoms with E-state index in [-0.39, 0.29) is 5.97 Å². The van der Waals surface area contributed by atoms with Crippen LogP contribution < -0.4 is 5.73 Å². The highest BCUT2D eigenvalue weighted by molar-refractivity contribution is 7.19. The summed E-state index contributed by atoms with van der Waals surface area (Å²) < 4.78 is 4.80. The molecule has 2 aromatic rings. The Morgan fingerprint density at radius 1 is 1.33 bits per heavy atom. The predicted octanol–water partition coefficient (Wildman–Crippen LogP) is 3.35. The Balaban J connectivity index is 2.60. The number of thiophene rings is 1. The lowest BCUT2D eigenvalue weighted by Gasteiger charge is -2.04. The van der Waals surface area contributed by atoms with E-state index in [1.807, 2.05) is 37.3 Å². The zero-order valence-electron chi connectivity index (χ0n) is 10.4. The number of ether oxygens (including phenoxy) is 1. The Kier molecular flexibility index (Phi) is 3.67. The molecule has 18 heavy (non-hydrogen) atoms. The van der Waals surface area contributed by atoms with Crippen LogP contribution in [0.5, 0.6) is 0 Å². The van der Waals surface area contributed by atoms with Gasteiger partial charge in [0.05, 0.1) is 12.7 Å². The second-order valence-corrected chi connectivity index (χ2v) is 4.91. The van der Waals surface area contributed by atoms with Crippen LogP contribution in [0.15, 0.2) is 30.3 Å². The molecule has 2 N–H and O–H groups in total. The number of hydrogen-bond acceptors (Lipinski definition) is 4. The number of methoxy groups -OCH3 is 1. The first-order valence-electron chi connectivity index (χ1n) is 5.73. The number of nitrogens with two attached hydrogens (primary N) is 1. The maximum absolute atomic E-state index is 11.8. The second kappa shape index (κ2) is 5.23. The highest BCUT2D eigenvalue weighted by Crippen LogP contribution is 2.39. The molecular formula is C14H15NO2S. The minimum Gasteiger partial charge on any atom is -0.465 e. The van der Waals surface area contributed by atoms with Gasteiger partial charge in [-0.1, -0.05) is 37.3 Å². The largest absolute Gasteiger partial charge is 0.465 e. The van der Waals surface area contributed by atoms with Crippen molar-refractivity contribution in [3.63, 3.8) is 0 Å². The summed E-state index contributed by atoms with van der Waals surface area (Å²) >= 11 is 1.44. The van der Waals surface area contributed by atoms with Crippen LogP contribution in [0.4, 0.5) is 5.00 Å². The molecule has 0 aliphatic heterocycles. The number of esters is 1. The van der Waals surface area contributed by atoms with E-state index in [0.717, 1.165) is 22.4 Å². The van der Waals surface area contributed by atoms with Gasteiger partial charge in [0.15, 0.2) is 0 Å². The summed E-state index contributed by atoms with van der Waals surface area (Å²) in [6.45, 7) is 2.01. The van der Waals surface area contributed by atoms with Gasteiger partial charge in [0.25, 0.3) is 0 Å². The topological polar surface area (TPSA) is 52.3 Å². The van der Waals surface area contributed by atoms with Gasteiger partial charge in [0.1, 0.15) is 5.00 Å². The molecule has 0 aliphatic carbocycles. The van der Waals surface area contributed by atoms with Crippen LogP contribution in [-0.2, 0) is 11.2 Å². The summed E-state index contributed by atoms with van der Waals surface area (Å²) in [4.78, 5) is 12.8. The Morgan fingerprint density at radius 2 is 2.00 bits per heavy atom. The summed E-state index contributed by atoms with van der Waals surface area (Å²) in [5.74, 6) is -0.359. The van der Waals surface area contributed by atoms with Crippen LogP contribution in [0, 0.1) is 0 Å². The van der Waals surface area contributed by atoms with Crippen molar-refractivity contribution >= 4 is 22.3 Å². The highest BCUT2D eigenvalue weighted by atomic mass is 32.1. The zero-order chi connectivity index (χ0) is 13.1. The fourth-order valence-corrected chi connectivity index (χ4v) is 3.12. The number of carbonyl (C=O) groups is 1. The fraction of sp³-hybridized carbons (Fsp3) is 0.214. The van der Waals surface area contributed by atoms with Crippen molar-refractivity contribution in [2.45, 2.75) is 13.3 Å². The maximum Gasteiger partial charge on any atom is 0.341 e. The first-order valence-corrected chi connectivity index (χ1v) is 6.55. The van der Waals surface area contributed by atoms with Gasteiger partial charge in [-0.25, -0.2) is 4.79 Å². The number of rotatable bonds is 3. The number of benzene rings is 1. The van der Waals surface area contributed by atoms with Gasteiger partial charge >= 0.3 is 5.97 Å². The second-order valence-electron chi connectivity index (χ2n) is 3.86. The fourth-order valence-electron chi connectivity index (χ4n) is 1.97. The summed E-state index contributed by atoms with van der Waals surface area (Å²) in [5, 5.41) is 0.526. The molecule has 94 valence electrons. The van der Waals surface area contributed by atoms with Gasteiger partial charge in [-0.3, -0.25) is 0 Å². The van der Waals surface area contributed by atoms with Crippen molar-refractivity contribution in [3.8, 4) is 10.4 Å². The summed E-state index contributed by atoms with van der Waals surface area (Å²) in [6.07, 6.45) is 0.752. The molecule has 3 nitrogen and oxygen atoms in total. The lowest BCUT2D eigenvalue weighted by Crippen LogP contribution is -2.05. The molecule has 0 bridgehead atoms. The average Bonchev–Trinajstić information content (AvgIpc) is 2.75. The van der Waals surface area contributed by atoms with Gasteiger partial charge in [-0.15, -0.1) is 11.3 Å². The SMILES string of the molecule is CCc1c(-c2ccccc2)sc(N)c1C(=O)OC. The quantitative estimate of drug-likeness (QED) is 0.862. The van der Waals surface area contributed by atoms with E-state index < -0.39 is 0 Å². The van der Waals surface area contributed by atoms with Gasteiger partial charge < -0.3 is 10.5 Å². The lowest BCUT2D eigenvalue weighted by molar-refractivity contribution is 0.0601. The van der Waals surface area contributed by atoms with E-state index in [9.17, 15) is 4.79 Å². The molecule has 1 aromatic heterocycles. The Hall–Kier alpha value is -1.81. The van der Waals surface area contributed by atoms with Gasteiger partial charge in [0, 0.05) is 4.88 Å². The monoisotopic (exact) mass is 261 g/mol. The average molecular weight is 261 g/mol. The van der Waals surface area contributed by atoms with Gasteiger partial charge in [-0.05, 0) is 17.5 Å². The third kappa shape index (κ3) is 2.11. The molecular weight excluding hydrogens is 246 g/mol. The molecule has 0 saturated carbocycles. The molecule has 1 aromatic carbocycles. The zero-order valence-corrected chi connectivity index (χ0v) is 11.2. The minimum atomic E-state index is -0.359. The normalized spacial score (nSPS) is 10.3. The molecule has 0 radical (unpaired) electrons. The van der Waals surface area contributed by atoms with Crippen LogP contribution in [-0.4, -0.2) is 13.1 Å². The molecule has 0 atom stereocenters. The Morgan fingerprint density at radius 3 is 2.56 bits per heavy atom. The van der Waals surface area contributed by atoms with Crippen molar-refractivity contribution in [1.82, 2.24) is 0 Å². The molecule has 2 rings (SSSR count). The molecule has 0 spiro atoms. The minimum absolute atomic E-state index is 0.359. The molecule has 0 aliphatic rings. The van der Waals surface area contributed by atoms with Crippen molar-refractivity contribution in [3.05, 3.63) is 41.5 Å². The third-order valence-corrected chi connectivity index (χ3v) is 3.92. The van der Waals surface area contributed by atoms with E-state index in [2.05, 4.69) is 0 Å². The van der Waals surface area contributed by atoms with E-state index in [1.54, 1.807) is 0 Å². The van der Waals surface area contributed by atoms with E-state index in [1.165, 1.54) is 18.4 Å². The first-order chi connectivity index (χ1) is 8.69. The van der Waals surface area contributed by atoms with E-state index in [0.29, 0.717) is 10.6 Å². The van der Waals surface area contributed by atoms with Gasteiger partial charge in [-0.2, -0.15) is 0 Å². The molecule has 0 saturated heterocycles. The molecule has 0 amide bonds. The smallest absolute Gasteiger partial charge is 0.341 e. The maximum atomic E-state index is 11.8. The van der Waals surface area contributed by atoms with E-state index in [4.69, 9.17) is 10.5 Å². The van der Waals surface area contributed by atoms with Crippen LogP contribution >= 0.6 is 11.3 Å². The molecule has 0 fully saturated rings. The van der Waals surface area contributed by atoms with Crippen LogP contribution in [0.3, 0.4) is 0 Å². The van der Waals surface area contributed by atoms with Crippen LogP contribution in [0.1, 0.15) is 22.8 Å². The molecule has 0 unspecified atom stereocenters. The number of carbonyl (C=O) groups excluding carboxylic acids is 1. The van der Waals surface area contributed by atoms with Crippen LogP contribution in [0.25, 0.3) is 10.4 Å². The molecule has 4 heteroatoms. The first kappa shape index (κ1) is 12.6. The third-order valence-electron chi connectivity index (χ3n) is 2.81. The summed E-state index contributed by atoms with van der Waals surface area (Å²) in [6, 6.07) is 9.95. The van der Waals surface area contributed by atoms with Crippen molar-refractivity contribution in [2.75, 3.05) is 12.8 Å². The Labute approximate surface area is 110 Å². The molecule has 1 heterocycles. The van der Waals surface area contributed by atoms with Gasteiger partial charge in [0.2, 0.25) is 0 Å². The van der Waals surface area contributed by atoms with Crippen molar-refractivity contribution < 1.29 is 9.53 Å². The number of hydrogen-bond donors (Lipinski definition) is 1. The summed E-state index contributed by atoms with van der Waals surface area (Å²) in [5.41, 5.74) is 8.52. The number of nitrogen functional groups attached to an aromatic ring is 1. The van der Waals surface area contributed by atoms with Crippen molar-refractivity contribution in [2.24, 2.45) is 0 Å². The Bertz CT molecular complexity index is 561. The standard InChI is InChI=1S/C14H15NO2S/c1-3-10-11(14(16)17-2)13(15)18-12(10)9-7-5-4-6-8-9/h4-8H,3,15H2,1-2H3. The van der Waals surface area contributed by atoms with Crippen LogP contribution in [0.2, 0.25) is 0 Å². The van der Waals surface area contributed by atoms with Crippen molar-refractivity contribution in [1.29, 1.82) is 0 Å². The number of anilines is 1. The summed E-state index contributed by atoms with van der Waals surface area (Å²) in [7, 11) is 1.38. The predicted molar refractivity (Wildman–Crippen MR) is 74.9 cm³/mol.